The first kappa shape index (κ1) is 14.4. The minimum atomic E-state index is 0.750. The van der Waals surface area contributed by atoms with Gasteiger partial charge in [-0.2, -0.15) is 0 Å². The SMILES string of the molecule is Cc1csc(CCNCc2ccc(Cl)c3cccnc23)n1. The van der Waals surface area contributed by atoms with Crippen LogP contribution in [0.15, 0.2) is 35.8 Å². The quantitative estimate of drug-likeness (QED) is 0.723. The molecule has 0 unspecified atom stereocenters. The summed E-state index contributed by atoms with van der Waals surface area (Å²) in [6.07, 6.45) is 2.76. The van der Waals surface area contributed by atoms with E-state index in [2.05, 4.69) is 20.7 Å². The average molecular weight is 318 g/mol. The molecule has 0 saturated carbocycles. The first-order valence-corrected chi connectivity index (χ1v) is 8.13. The fraction of sp³-hybridized carbons (Fsp3) is 0.250. The monoisotopic (exact) mass is 317 g/mol. The van der Waals surface area contributed by atoms with Crippen LogP contribution in [0.3, 0.4) is 0 Å². The third-order valence-corrected chi connectivity index (χ3v) is 4.65. The molecule has 2 aromatic heterocycles. The maximum absolute atomic E-state index is 6.21. The molecule has 0 atom stereocenters. The van der Waals surface area contributed by atoms with E-state index in [1.165, 1.54) is 10.6 Å². The number of aromatic nitrogens is 2. The zero-order valence-corrected chi connectivity index (χ0v) is 13.3. The first-order chi connectivity index (χ1) is 10.2. The van der Waals surface area contributed by atoms with Crippen LogP contribution in [-0.4, -0.2) is 16.5 Å². The van der Waals surface area contributed by atoms with Crippen LogP contribution in [0.1, 0.15) is 16.3 Å². The molecule has 0 radical (unpaired) electrons. The molecule has 21 heavy (non-hydrogen) atoms. The topological polar surface area (TPSA) is 37.8 Å². The Labute approximate surface area is 133 Å². The summed E-state index contributed by atoms with van der Waals surface area (Å²) in [5.41, 5.74) is 3.25. The van der Waals surface area contributed by atoms with E-state index >= 15 is 0 Å². The van der Waals surface area contributed by atoms with Gasteiger partial charge in [0, 0.05) is 47.2 Å². The van der Waals surface area contributed by atoms with Crippen molar-refractivity contribution in [1.29, 1.82) is 0 Å². The summed E-state index contributed by atoms with van der Waals surface area (Å²) < 4.78 is 0. The molecular weight excluding hydrogens is 302 g/mol. The third-order valence-electron chi connectivity index (χ3n) is 3.30. The van der Waals surface area contributed by atoms with Crippen LogP contribution >= 0.6 is 22.9 Å². The molecule has 3 rings (SSSR count). The molecule has 1 aromatic carbocycles. The van der Waals surface area contributed by atoms with Crippen molar-refractivity contribution in [2.45, 2.75) is 19.9 Å². The standard InChI is InChI=1S/C16H16ClN3S/c1-11-10-21-15(20-11)6-8-18-9-12-4-5-14(17)13-3-2-7-19-16(12)13/h2-5,7,10,18H,6,8-9H2,1H3. The van der Waals surface area contributed by atoms with E-state index in [1.54, 1.807) is 17.5 Å². The second-order valence-electron chi connectivity index (χ2n) is 4.92. The highest BCUT2D eigenvalue weighted by Crippen LogP contribution is 2.24. The minimum Gasteiger partial charge on any atom is -0.312 e. The molecule has 0 aliphatic carbocycles. The van der Waals surface area contributed by atoms with Crippen molar-refractivity contribution in [3.63, 3.8) is 0 Å². The van der Waals surface area contributed by atoms with Gasteiger partial charge in [-0.25, -0.2) is 4.98 Å². The maximum atomic E-state index is 6.21. The molecule has 2 heterocycles. The van der Waals surface area contributed by atoms with Crippen LogP contribution < -0.4 is 5.32 Å². The van der Waals surface area contributed by atoms with Gasteiger partial charge in [0.1, 0.15) is 0 Å². The van der Waals surface area contributed by atoms with Crippen LogP contribution in [-0.2, 0) is 13.0 Å². The molecule has 0 saturated heterocycles. The summed E-state index contributed by atoms with van der Waals surface area (Å²) in [7, 11) is 0. The smallest absolute Gasteiger partial charge is 0.0940 e. The van der Waals surface area contributed by atoms with E-state index in [0.717, 1.165) is 41.1 Å². The van der Waals surface area contributed by atoms with Gasteiger partial charge >= 0.3 is 0 Å². The molecule has 3 aromatic rings. The van der Waals surface area contributed by atoms with E-state index in [0.29, 0.717) is 0 Å². The number of aryl methyl sites for hydroxylation is 1. The molecule has 1 N–H and O–H groups in total. The normalized spacial score (nSPS) is 11.1. The number of fused-ring (bicyclic) bond motifs is 1. The number of hydrogen-bond acceptors (Lipinski definition) is 4. The Kier molecular flexibility index (Phi) is 4.48. The Morgan fingerprint density at radius 3 is 3.00 bits per heavy atom. The van der Waals surface area contributed by atoms with Gasteiger partial charge in [0.25, 0.3) is 0 Å². The van der Waals surface area contributed by atoms with Crippen LogP contribution in [0.25, 0.3) is 10.9 Å². The van der Waals surface area contributed by atoms with Crippen molar-refractivity contribution in [2.75, 3.05) is 6.54 Å². The summed E-state index contributed by atoms with van der Waals surface area (Å²) in [6, 6.07) is 7.90. The second-order valence-corrected chi connectivity index (χ2v) is 6.27. The van der Waals surface area contributed by atoms with E-state index in [4.69, 9.17) is 11.6 Å². The molecule has 0 bridgehead atoms. The highest BCUT2D eigenvalue weighted by atomic mass is 35.5. The Morgan fingerprint density at radius 1 is 1.29 bits per heavy atom. The Morgan fingerprint density at radius 2 is 2.19 bits per heavy atom. The van der Waals surface area contributed by atoms with Gasteiger partial charge in [-0.15, -0.1) is 11.3 Å². The van der Waals surface area contributed by atoms with Gasteiger partial charge in [-0.05, 0) is 30.7 Å². The van der Waals surface area contributed by atoms with Crippen molar-refractivity contribution < 1.29 is 0 Å². The largest absolute Gasteiger partial charge is 0.312 e. The molecule has 0 aliphatic rings. The van der Waals surface area contributed by atoms with Crippen LogP contribution in [0.2, 0.25) is 5.02 Å². The number of halogens is 1. The molecule has 0 spiro atoms. The van der Waals surface area contributed by atoms with Crippen LogP contribution in [0.5, 0.6) is 0 Å². The molecule has 0 amide bonds. The fourth-order valence-electron chi connectivity index (χ4n) is 2.27. The zero-order chi connectivity index (χ0) is 14.7. The molecule has 5 heteroatoms. The predicted molar refractivity (Wildman–Crippen MR) is 89.0 cm³/mol. The zero-order valence-electron chi connectivity index (χ0n) is 11.8. The molecule has 0 fully saturated rings. The number of nitrogens with one attached hydrogen (secondary N) is 1. The number of rotatable bonds is 5. The number of hydrogen-bond donors (Lipinski definition) is 1. The van der Waals surface area contributed by atoms with Gasteiger partial charge in [0.15, 0.2) is 0 Å². The lowest BCUT2D eigenvalue weighted by Crippen LogP contribution is -2.17. The fourth-order valence-corrected chi connectivity index (χ4v) is 3.27. The highest BCUT2D eigenvalue weighted by Gasteiger charge is 2.05. The van der Waals surface area contributed by atoms with E-state index in [9.17, 15) is 0 Å². The average Bonchev–Trinajstić information content (AvgIpc) is 2.91. The van der Waals surface area contributed by atoms with Crippen molar-refractivity contribution >= 4 is 33.8 Å². The van der Waals surface area contributed by atoms with Crippen LogP contribution in [0.4, 0.5) is 0 Å². The Hall–Kier alpha value is -1.49. The number of pyridine rings is 1. The number of nitrogens with zero attached hydrogens (tertiary/aromatic N) is 2. The second kappa shape index (κ2) is 6.52. The van der Waals surface area contributed by atoms with Crippen molar-refractivity contribution in [2.24, 2.45) is 0 Å². The van der Waals surface area contributed by atoms with E-state index in [-0.39, 0.29) is 0 Å². The summed E-state index contributed by atoms with van der Waals surface area (Å²) in [5.74, 6) is 0. The predicted octanol–water partition coefficient (Wildman–Crippen LogP) is 3.99. The van der Waals surface area contributed by atoms with Crippen molar-refractivity contribution in [1.82, 2.24) is 15.3 Å². The highest BCUT2D eigenvalue weighted by molar-refractivity contribution is 7.09. The van der Waals surface area contributed by atoms with Gasteiger partial charge in [-0.3, -0.25) is 4.98 Å². The third kappa shape index (κ3) is 3.40. The van der Waals surface area contributed by atoms with Crippen LogP contribution in [0, 0.1) is 6.92 Å². The van der Waals surface area contributed by atoms with Gasteiger partial charge in [0.2, 0.25) is 0 Å². The summed E-state index contributed by atoms with van der Waals surface area (Å²) >= 11 is 7.92. The van der Waals surface area contributed by atoms with Crippen molar-refractivity contribution in [3.8, 4) is 0 Å². The molecule has 0 aliphatic heterocycles. The lowest BCUT2D eigenvalue weighted by molar-refractivity contribution is 0.687. The maximum Gasteiger partial charge on any atom is 0.0940 e. The number of benzene rings is 1. The molecular formula is C16H16ClN3S. The number of thiazole rings is 1. The lowest BCUT2D eigenvalue weighted by Gasteiger charge is -2.08. The lowest BCUT2D eigenvalue weighted by atomic mass is 10.1. The Balaban J connectivity index is 1.64. The van der Waals surface area contributed by atoms with E-state index in [1.807, 2.05) is 31.2 Å². The first-order valence-electron chi connectivity index (χ1n) is 6.88. The minimum absolute atomic E-state index is 0.750. The summed E-state index contributed by atoms with van der Waals surface area (Å²) in [4.78, 5) is 8.91. The van der Waals surface area contributed by atoms with Gasteiger partial charge in [-0.1, -0.05) is 17.7 Å². The summed E-state index contributed by atoms with van der Waals surface area (Å²) in [5, 5.41) is 8.48. The molecule has 108 valence electrons. The van der Waals surface area contributed by atoms with Crippen molar-refractivity contribution in [3.05, 3.63) is 57.1 Å². The van der Waals surface area contributed by atoms with Gasteiger partial charge in [0.05, 0.1) is 10.5 Å². The van der Waals surface area contributed by atoms with E-state index < -0.39 is 0 Å². The summed E-state index contributed by atoms with van der Waals surface area (Å²) in [6.45, 7) is 3.72. The molecule has 3 nitrogen and oxygen atoms in total. The Bertz CT molecular complexity index is 754. The van der Waals surface area contributed by atoms with Gasteiger partial charge < -0.3 is 5.32 Å².